The third-order valence-electron chi connectivity index (χ3n) is 4.85. The average Bonchev–Trinajstić information content (AvgIpc) is 3.05. The maximum atomic E-state index is 12.9. The molecule has 1 amide bonds. The van der Waals surface area contributed by atoms with Gasteiger partial charge in [0.2, 0.25) is 5.91 Å². The highest BCUT2D eigenvalue weighted by Crippen LogP contribution is 2.25. The van der Waals surface area contributed by atoms with Crippen LogP contribution in [0.3, 0.4) is 0 Å². The van der Waals surface area contributed by atoms with Crippen molar-refractivity contribution >= 4 is 5.91 Å². The van der Waals surface area contributed by atoms with E-state index in [4.69, 9.17) is 0 Å². The molecular weight excluding hydrogens is 260 g/mol. The van der Waals surface area contributed by atoms with E-state index in [-0.39, 0.29) is 6.04 Å². The van der Waals surface area contributed by atoms with Gasteiger partial charge in [-0.15, -0.1) is 0 Å². The van der Waals surface area contributed by atoms with Crippen LogP contribution in [0.4, 0.5) is 0 Å². The summed E-state index contributed by atoms with van der Waals surface area (Å²) in [7, 11) is 0. The van der Waals surface area contributed by atoms with Gasteiger partial charge in [0.05, 0.1) is 6.04 Å². The zero-order chi connectivity index (χ0) is 14.7. The Bertz CT molecular complexity index is 494. The summed E-state index contributed by atoms with van der Waals surface area (Å²) in [4.78, 5) is 17.4. The number of fused-ring (bicyclic) bond motifs is 1. The molecule has 1 atom stereocenters. The predicted molar refractivity (Wildman–Crippen MR) is 85.1 cm³/mol. The molecule has 0 aromatic heterocycles. The third kappa shape index (κ3) is 3.13. The van der Waals surface area contributed by atoms with Gasteiger partial charge < -0.3 is 4.90 Å². The molecule has 0 unspecified atom stereocenters. The molecule has 0 radical (unpaired) electrons. The molecule has 2 heterocycles. The van der Waals surface area contributed by atoms with Gasteiger partial charge in [0, 0.05) is 19.6 Å². The first-order chi connectivity index (χ1) is 10.3. The van der Waals surface area contributed by atoms with E-state index < -0.39 is 0 Å². The minimum Gasteiger partial charge on any atom is -0.341 e. The van der Waals surface area contributed by atoms with Gasteiger partial charge in [0.25, 0.3) is 0 Å². The van der Waals surface area contributed by atoms with Crippen LogP contribution in [-0.2, 0) is 17.8 Å². The Morgan fingerprint density at radius 1 is 1.19 bits per heavy atom. The second kappa shape index (κ2) is 6.61. The van der Waals surface area contributed by atoms with Gasteiger partial charge in [-0.1, -0.05) is 37.6 Å². The lowest BCUT2D eigenvalue weighted by molar-refractivity contribution is -0.136. The summed E-state index contributed by atoms with van der Waals surface area (Å²) in [6.45, 7) is 6.10. The van der Waals surface area contributed by atoms with Crippen molar-refractivity contribution in [2.24, 2.45) is 0 Å². The van der Waals surface area contributed by atoms with Crippen LogP contribution in [0, 0.1) is 0 Å². The van der Waals surface area contributed by atoms with Crippen LogP contribution in [0.25, 0.3) is 0 Å². The monoisotopic (exact) mass is 286 g/mol. The predicted octanol–water partition coefficient (Wildman–Crippen LogP) is 2.84. The fourth-order valence-electron chi connectivity index (χ4n) is 3.57. The number of benzene rings is 1. The Labute approximate surface area is 127 Å². The number of hydrogen-bond acceptors (Lipinski definition) is 2. The highest BCUT2D eigenvalue weighted by molar-refractivity contribution is 5.82. The van der Waals surface area contributed by atoms with Gasteiger partial charge >= 0.3 is 0 Å². The van der Waals surface area contributed by atoms with Crippen molar-refractivity contribution in [3.05, 3.63) is 35.4 Å². The van der Waals surface area contributed by atoms with E-state index in [9.17, 15) is 4.79 Å². The van der Waals surface area contributed by atoms with Gasteiger partial charge in [-0.2, -0.15) is 0 Å². The standard InChI is InChI=1S/C18H26N2O/c1-2-3-10-20-14-16-9-5-4-8-15(16)13-17(20)18(21)19-11-6-7-12-19/h4-5,8-9,17H,2-3,6-7,10-14H2,1H3/t17-/m0/s1. The van der Waals surface area contributed by atoms with Crippen molar-refractivity contribution in [3.63, 3.8) is 0 Å². The first-order valence-electron chi connectivity index (χ1n) is 8.39. The van der Waals surface area contributed by atoms with Crippen LogP contribution in [-0.4, -0.2) is 41.4 Å². The molecule has 1 aromatic rings. The third-order valence-corrected chi connectivity index (χ3v) is 4.85. The molecule has 1 aromatic carbocycles. The summed E-state index contributed by atoms with van der Waals surface area (Å²) in [5, 5.41) is 0. The van der Waals surface area contributed by atoms with Crippen molar-refractivity contribution in [1.29, 1.82) is 0 Å². The fourth-order valence-corrected chi connectivity index (χ4v) is 3.57. The number of unbranched alkanes of at least 4 members (excludes halogenated alkanes) is 1. The molecule has 2 aliphatic heterocycles. The van der Waals surface area contributed by atoms with E-state index in [0.717, 1.165) is 32.6 Å². The maximum absolute atomic E-state index is 12.9. The van der Waals surface area contributed by atoms with Crippen molar-refractivity contribution in [2.45, 2.75) is 51.6 Å². The summed E-state index contributed by atoms with van der Waals surface area (Å²) < 4.78 is 0. The SMILES string of the molecule is CCCCN1Cc2ccccc2C[C@H]1C(=O)N1CCCC1. The number of hydrogen-bond donors (Lipinski definition) is 0. The summed E-state index contributed by atoms with van der Waals surface area (Å²) in [6, 6.07) is 8.67. The molecule has 0 spiro atoms. The highest BCUT2D eigenvalue weighted by atomic mass is 16.2. The molecular formula is C18H26N2O. The molecule has 1 saturated heterocycles. The minimum atomic E-state index is 0.0598. The van der Waals surface area contributed by atoms with Gasteiger partial charge in [-0.3, -0.25) is 9.69 Å². The first kappa shape index (κ1) is 14.6. The van der Waals surface area contributed by atoms with E-state index >= 15 is 0 Å². The molecule has 3 heteroatoms. The van der Waals surface area contributed by atoms with Gasteiger partial charge in [-0.25, -0.2) is 0 Å². The molecule has 114 valence electrons. The van der Waals surface area contributed by atoms with Crippen molar-refractivity contribution in [2.75, 3.05) is 19.6 Å². The second-order valence-electron chi connectivity index (χ2n) is 6.35. The van der Waals surface area contributed by atoms with Crippen LogP contribution in [0.2, 0.25) is 0 Å². The largest absolute Gasteiger partial charge is 0.341 e. The van der Waals surface area contributed by atoms with Crippen LogP contribution >= 0.6 is 0 Å². The van der Waals surface area contributed by atoms with Crippen molar-refractivity contribution in [3.8, 4) is 0 Å². The Morgan fingerprint density at radius 3 is 2.62 bits per heavy atom. The summed E-state index contributed by atoms with van der Waals surface area (Å²) >= 11 is 0. The first-order valence-corrected chi connectivity index (χ1v) is 8.39. The Morgan fingerprint density at radius 2 is 1.90 bits per heavy atom. The quantitative estimate of drug-likeness (QED) is 0.850. The molecule has 21 heavy (non-hydrogen) atoms. The lowest BCUT2D eigenvalue weighted by Crippen LogP contribution is -2.51. The summed E-state index contributed by atoms with van der Waals surface area (Å²) in [6.07, 6.45) is 5.58. The van der Waals surface area contributed by atoms with Gasteiger partial charge in [0.15, 0.2) is 0 Å². The zero-order valence-corrected chi connectivity index (χ0v) is 13.1. The molecule has 3 nitrogen and oxygen atoms in total. The molecule has 0 aliphatic carbocycles. The fraction of sp³-hybridized carbons (Fsp3) is 0.611. The Balaban J connectivity index is 1.79. The Kier molecular flexibility index (Phi) is 4.59. The number of nitrogens with zero attached hydrogens (tertiary/aromatic N) is 2. The van der Waals surface area contributed by atoms with Gasteiger partial charge in [0.1, 0.15) is 0 Å². The van der Waals surface area contributed by atoms with E-state index in [2.05, 4.69) is 41.0 Å². The van der Waals surface area contributed by atoms with Crippen LogP contribution in [0.15, 0.2) is 24.3 Å². The van der Waals surface area contributed by atoms with E-state index in [0.29, 0.717) is 5.91 Å². The normalized spacial score (nSPS) is 22.3. The van der Waals surface area contributed by atoms with Crippen molar-refractivity contribution < 1.29 is 4.79 Å². The zero-order valence-electron chi connectivity index (χ0n) is 13.1. The molecule has 2 aliphatic rings. The van der Waals surface area contributed by atoms with E-state index in [1.807, 2.05) is 0 Å². The second-order valence-corrected chi connectivity index (χ2v) is 6.35. The molecule has 1 fully saturated rings. The maximum Gasteiger partial charge on any atom is 0.240 e. The molecule has 0 saturated carbocycles. The smallest absolute Gasteiger partial charge is 0.240 e. The van der Waals surface area contributed by atoms with Crippen LogP contribution in [0.1, 0.15) is 43.7 Å². The summed E-state index contributed by atoms with van der Waals surface area (Å²) in [5.41, 5.74) is 2.77. The topological polar surface area (TPSA) is 23.6 Å². The van der Waals surface area contributed by atoms with E-state index in [1.54, 1.807) is 0 Å². The van der Waals surface area contributed by atoms with Gasteiger partial charge in [-0.05, 0) is 43.4 Å². The highest BCUT2D eigenvalue weighted by Gasteiger charge is 2.34. The minimum absolute atomic E-state index is 0.0598. The lowest BCUT2D eigenvalue weighted by Gasteiger charge is -2.37. The molecule has 3 rings (SSSR count). The Hall–Kier alpha value is -1.35. The number of amides is 1. The van der Waals surface area contributed by atoms with Crippen LogP contribution < -0.4 is 0 Å². The van der Waals surface area contributed by atoms with Crippen molar-refractivity contribution in [1.82, 2.24) is 9.80 Å². The van der Waals surface area contributed by atoms with Crippen LogP contribution in [0.5, 0.6) is 0 Å². The average molecular weight is 286 g/mol. The van der Waals surface area contributed by atoms with E-state index in [1.165, 1.54) is 36.8 Å². The number of carbonyl (C=O) groups excluding carboxylic acids is 1. The number of carbonyl (C=O) groups is 1. The molecule has 0 bridgehead atoms. The number of likely N-dealkylation sites (tertiary alicyclic amines) is 1. The summed E-state index contributed by atoms with van der Waals surface area (Å²) in [5.74, 6) is 0.359. The molecule has 0 N–H and O–H groups in total. The number of rotatable bonds is 4. The lowest BCUT2D eigenvalue weighted by atomic mass is 9.93.